The van der Waals surface area contributed by atoms with Gasteiger partial charge in [-0.15, -0.1) is 0 Å². The summed E-state index contributed by atoms with van der Waals surface area (Å²) in [6.07, 6.45) is 3.56. The molecule has 3 N–H and O–H groups in total. The van der Waals surface area contributed by atoms with E-state index in [9.17, 15) is 9.59 Å². The molecule has 6 nitrogen and oxygen atoms in total. The lowest BCUT2D eigenvalue weighted by Gasteiger charge is -2.12. The largest absolute Gasteiger partial charge is 0.351 e. The van der Waals surface area contributed by atoms with Gasteiger partial charge in [-0.05, 0) is 30.3 Å². The zero-order valence-electron chi connectivity index (χ0n) is 14.9. The van der Waals surface area contributed by atoms with E-state index in [1.54, 1.807) is 30.3 Å². The first-order chi connectivity index (χ1) is 12.0. The Labute approximate surface area is 148 Å². The predicted octanol–water partition coefficient (Wildman–Crippen LogP) is 0.0567. The molecule has 0 fully saturated rings. The Balaban J connectivity index is 2.17. The van der Waals surface area contributed by atoms with Gasteiger partial charge in [-0.25, -0.2) is 0 Å². The van der Waals surface area contributed by atoms with Crippen LogP contribution in [0.15, 0.2) is 54.4 Å². The van der Waals surface area contributed by atoms with Gasteiger partial charge in [0.15, 0.2) is 0 Å². The third kappa shape index (κ3) is 5.61. The average molecular weight is 341 g/mol. The minimum absolute atomic E-state index is 0.226. The van der Waals surface area contributed by atoms with Crippen LogP contribution in [0.25, 0.3) is 6.08 Å². The molecule has 0 unspecified atom stereocenters. The molecule has 0 saturated carbocycles. The molecule has 0 atom stereocenters. The molecule has 0 aliphatic rings. The second-order valence-corrected chi connectivity index (χ2v) is 6.14. The van der Waals surface area contributed by atoms with Gasteiger partial charge in [-0.1, -0.05) is 18.2 Å². The lowest BCUT2D eigenvalue weighted by atomic mass is 10.2. The highest BCUT2D eigenvalue weighted by Crippen LogP contribution is 2.07. The highest BCUT2D eigenvalue weighted by molar-refractivity contribution is 6.05. The summed E-state index contributed by atoms with van der Waals surface area (Å²) in [6, 6.07) is 12.6. The summed E-state index contributed by atoms with van der Waals surface area (Å²) in [5.74, 6) is -0.610. The van der Waals surface area contributed by atoms with Crippen molar-refractivity contribution in [3.05, 3.63) is 65.6 Å². The molecule has 2 aromatic rings. The molecule has 0 aliphatic heterocycles. The minimum atomic E-state index is -0.311. The molecule has 0 saturated heterocycles. The van der Waals surface area contributed by atoms with Gasteiger partial charge in [0.1, 0.15) is 5.70 Å². The maximum Gasteiger partial charge on any atom is 0.268 e. The molecule has 1 heterocycles. The fourth-order valence-corrected chi connectivity index (χ4v) is 2.24. The van der Waals surface area contributed by atoms with E-state index in [4.69, 9.17) is 0 Å². The third-order valence-corrected chi connectivity index (χ3v) is 3.72. The summed E-state index contributed by atoms with van der Waals surface area (Å²) >= 11 is 0. The molecule has 0 aliphatic carbocycles. The SMILES string of the molecule is Cn1cccc1/C=C(/NC(=O)c1ccccc1)C(=O)NCC[NH+](C)C. The Morgan fingerprint density at radius 3 is 2.44 bits per heavy atom. The molecule has 1 aromatic carbocycles. The first-order valence-electron chi connectivity index (χ1n) is 8.24. The van der Waals surface area contributed by atoms with Gasteiger partial charge < -0.3 is 20.1 Å². The van der Waals surface area contributed by atoms with Crippen LogP contribution in [0.1, 0.15) is 16.1 Å². The number of likely N-dealkylation sites (N-methyl/N-ethyl adjacent to an activating group) is 1. The van der Waals surface area contributed by atoms with Crippen molar-refractivity contribution < 1.29 is 14.5 Å². The van der Waals surface area contributed by atoms with Gasteiger partial charge in [0.05, 0.1) is 27.2 Å². The predicted molar refractivity (Wildman–Crippen MR) is 98.0 cm³/mol. The number of carbonyl (C=O) groups is 2. The van der Waals surface area contributed by atoms with Gasteiger partial charge in [0.2, 0.25) is 0 Å². The van der Waals surface area contributed by atoms with Crippen molar-refractivity contribution in [2.75, 3.05) is 27.2 Å². The van der Waals surface area contributed by atoms with Crippen LogP contribution >= 0.6 is 0 Å². The number of hydrogen-bond acceptors (Lipinski definition) is 2. The van der Waals surface area contributed by atoms with E-state index in [0.717, 1.165) is 12.2 Å². The molecule has 2 rings (SSSR count). The Morgan fingerprint density at radius 1 is 1.12 bits per heavy atom. The summed E-state index contributed by atoms with van der Waals surface area (Å²) in [6.45, 7) is 1.34. The van der Waals surface area contributed by atoms with Crippen molar-refractivity contribution in [3.63, 3.8) is 0 Å². The standard InChI is InChI=1S/C19H24N4O2/c1-22(2)13-11-20-19(25)17(14-16-10-7-12-23(16)3)21-18(24)15-8-5-4-6-9-15/h4-10,12,14H,11,13H2,1-3H3,(H,20,25)(H,21,24)/p+1/b17-14+. The van der Waals surface area contributed by atoms with Gasteiger partial charge in [-0.3, -0.25) is 9.59 Å². The summed E-state index contributed by atoms with van der Waals surface area (Å²) in [4.78, 5) is 26.2. The lowest BCUT2D eigenvalue weighted by Crippen LogP contribution is -3.06. The van der Waals surface area contributed by atoms with Crippen LogP contribution < -0.4 is 15.5 Å². The van der Waals surface area contributed by atoms with Gasteiger partial charge in [-0.2, -0.15) is 0 Å². The van der Waals surface area contributed by atoms with Crippen LogP contribution in [-0.2, 0) is 11.8 Å². The summed E-state index contributed by atoms with van der Waals surface area (Å²) < 4.78 is 1.88. The highest BCUT2D eigenvalue weighted by Gasteiger charge is 2.15. The number of amides is 2. The van der Waals surface area contributed by atoms with Crippen LogP contribution in [0.4, 0.5) is 0 Å². The van der Waals surface area contributed by atoms with Crippen molar-refractivity contribution in [3.8, 4) is 0 Å². The topological polar surface area (TPSA) is 67.6 Å². The zero-order chi connectivity index (χ0) is 18.2. The summed E-state index contributed by atoms with van der Waals surface area (Å²) in [5, 5.41) is 5.58. The van der Waals surface area contributed by atoms with Crippen LogP contribution in [0, 0.1) is 0 Å². The van der Waals surface area contributed by atoms with Crippen molar-refractivity contribution in [2.45, 2.75) is 0 Å². The Bertz CT molecular complexity index is 748. The van der Waals surface area contributed by atoms with E-state index in [1.165, 1.54) is 4.90 Å². The number of aromatic nitrogens is 1. The molecule has 0 radical (unpaired) electrons. The number of hydrogen-bond donors (Lipinski definition) is 3. The first kappa shape index (κ1) is 18.5. The van der Waals surface area contributed by atoms with Crippen molar-refractivity contribution >= 4 is 17.9 Å². The molecule has 6 heteroatoms. The Kier molecular flexibility index (Phi) is 6.54. The van der Waals surface area contributed by atoms with E-state index in [-0.39, 0.29) is 17.5 Å². The first-order valence-corrected chi connectivity index (χ1v) is 8.24. The number of aryl methyl sites for hydroxylation is 1. The van der Waals surface area contributed by atoms with E-state index >= 15 is 0 Å². The molecule has 132 valence electrons. The monoisotopic (exact) mass is 341 g/mol. The fraction of sp³-hybridized carbons (Fsp3) is 0.263. The number of benzene rings is 1. The highest BCUT2D eigenvalue weighted by atomic mass is 16.2. The molecular formula is C19H25N4O2+. The number of quaternary nitrogens is 1. The van der Waals surface area contributed by atoms with Crippen molar-refractivity contribution in [2.24, 2.45) is 7.05 Å². The van der Waals surface area contributed by atoms with Gasteiger partial charge in [0.25, 0.3) is 11.8 Å². The Morgan fingerprint density at radius 2 is 1.84 bits per heavy atom. The van der Waals surface area contributed by atoms with Crippen LogP contribution in [0.2, 0.25) is 0 Å². The average Bonchev–Trinajstić information content (AvgIpc) is 2.99. The number of carbonyl (C=O) groups excluding carboxylic acids is 2. The zero-order valence-corrected chi connectivity index (χ0v) is 14.9. The van der Waals surface area contributed by atoms with E-state index < -0.39 is 0 Å². The Hall–Kier alpha value is -2.86. The van der Waals surface area contributed by atoms with Crippen LogP contribution in [0.5, 0.6) is 0 Å². The number of nitrogens with one attached hydrogen (secondary N) is 3. The van der Waals surface area contributed by atoms with E-state index in [0.29, 0.717) is 12.1 Å². The lowest BCUT2D eigenvalue weighted by molar-refractivity contribution is -0.856. The molecule has 0 bridgehead atoms. The molecular weight excluding hydrogens is 316 g/mol. The quantitative estimate of drug-likeness (QED) is 0.624. The van der Waals surface area contributed by atoms with Crippen molar-refractivity contribution in [1.29, 1.82) is 0 Å². The maximum atomic E-state index is 12.5. The second-order valence-electron chi connectivity index (χ2n) is 6.14. The molecule has 1 aromatic heterocycles. The smallest absolute Gasteiger partial charge is 0.268 e. The van der Waals surface area contributed by atoms with E-state index in [1.807, 2.05) is 50.1 Å². The summed E-state index contributed by atoms with van der Waals surface area (Å²) in [7, 11) is 5.92. The second kappa shape index (κ2) is 8.84. The van der Waals surface area contributed by atoms with Crippen LogP contribution in [0.3, 0.4) is 0 Å². The normalized spacial score (nSPS) is 11.4. The molecule has 25 heavy (non-hydrogen) atoms. The number of rotatable bonds is 7. The molecule has 0 spiro atoms. The van der Waals surface area contributed by atoms with Gasteiger partial charge in [0, 0.05) is 24.5 Å². The summed E-state index contributed by atoms with van der Waals surface area (Å²) in [5.41, 5.74) is 1.56. The van der Waals surface area contributed by atoms with Crippen molar-refractivity contribution in [1.82, 2.24) is 15.2 Å². The fourth-order valence-electron chi connectivity index (χ4n) is 2.24. The minimum Gasteiger partial charge on any atom is -0.351 e. The van der Waals surface area contributed by atoms with E-state index in [2.05, 4.69) is 10.6 Å². The number of nitrogens with zero attached hydrogens (tertiary/aromatic N) is 1. The van der Waals surface area contributed by atoms with Crippen LogP contribution in [-0.4, -0.2) is 43.6 Å². The maximum absolute atomic E-state index is 12.5. The molecule has 2 amide bonds. The third-order valence-electron chi connectivity index (χ3n) is 3.72. The van der Waals surface area contributed by atoms with Gasteiger partial charge >= 0.3 is 0 Å².